The summed E-state index contributed by atoms with van der Waals surface area (Å²) in [6.45, 7) is -0.561. The summed E-state index contributed by atoms with van der Waals surface area (Å²) in [7, 11) is -3.68. The number of amides is 1. The van der Waals surface area contributed by atoms with Crippen LogP contribution in [0, 0.1) is 0 Å². The summed E-state index contributed by atoms with van der Waals surface area (Å²) >= 11 is 0. The van der Waals surface area contributed by atoms with Gasteiger partial charge < -0.3 is 10.4 Å². The van der Waals surface area contributed by atoms with E-state index in [0.29, 0.717) is 0 Å². The van der Waals surface area contributed by atoms with Gasteiger partial charge >= 0.3 is 5.97 Å². The Labute approximate surface area is 104 Å². The van der Waals surface area contributed by atoms with Gasteiger partial charge in [0.15, 0.2) is 9.84 Å². The Morgan fingerprint density at radius 3 is 2.39 bits per heavy atom. The molecule has 96 valence electrons. The van der Waals surface area contributed by atoms with E-state index in [9.17, 15) is 18.0 Å². The van der Waals surface area contributed by atoms with Crippen molar-refractivity contribution in [3.8, 4) is 0 Å². The lowest BCUT2D eigenvalue weighted by atomic mass is 10.4. The minimum absolute atomic E-state index is 0.0623. The first-order valence-corrected chi connectivity index (χ1v) is 6.44. The maximum Gasteiger partial charge on any atom is 0.322 e. The second-order valence-corrected chi connectivity index (χ2v) is 5.11. The van der Waals surface area contributed by atoms with E-state index in [1.807, 2.05) is 5.32 Å². The Morgan fingerprint density at radius 1 is 1.22 bits per heavy atom. The molecule has 0 bridgehead atoms. The molecular formula is C11H11NO5S. The van der Waals surface area contributed by atoms with Crippen LogP contribution in [-0.2, 0) is 19.4 Å². The van der Waals surface area contributed by atoms with Crippen molar-refractivity contribution in [3.05, 3.63) is 41.8 Å². The largest absolute Gasteiger partial charge is 0.480 e. The zero-order chi connectivity index (χ0) is 13.6. The predicted molar refractivity (Wildman–Crippen MR) is 63.4 cm³/mol. The minimum atomic E-state index is -3.68. The molecule has 1 rings (SSSR count). The lowest BCUT2D eigenvalue weighted by Gasteiger charge is -1.98. The highest BCUT2D eigenvalue weighted by atomic mass is 32.2. The van der Waals surface area contributed by atoms with Crippen LogP contribution in [0.2, 0.25) is 0 Å². The fourth-order valence-corrected chi connectivity index (χ4v) is 2.06. The SMILES string of the molecule is O=C(O)CNC(=O)/C=C/S(=O)(=O)c1ccccc1. The fraction of sp³-hybridized carbons (Fsp3) is 0.0909. The molecule has 0 heterocycles. The second kappa shape index (κ2) is 5.97. The quantitative estimate of drug-likeness (QED) is 0.742. The summed E-state index contributed by atoms with van der Waals surface area (Å²) in [4.78, 5) is 21.3. The molecule has 0 radical (unpaired) electrons. The Kier molecular flexibility index (Phi) is 4.61. The van der Waals surface area contributed by atoms with Gasteiger partial charge in [0, 0.05) is 11.5 Å². The summed E-state index contributed by atoms with van der Waals surface area (Å²) in [5.41, 5.74) is 0. The lowest BCUT2D eigenvalue weighted by molar-refractivity contribution is -0.137. The molecule has 18 heavy (non-hydrogen) atoms. The molecule has 1 aromatic carbocycles. The Balaban J connectivity index is 2.72. The molecule has 0 fully saturated rings. The smallest absolute Gasteiger partial charge is 0.322 e. The van der Waals surface area contributed by atoms with E-state index < -0.39 is 28.3 Å². The first-order valence-electron chi connectivity index (χ1n) is 4.89. The topological polar surface area (TPSA) is 101 Å². The highest BCUT2D eigenvalue weighted by Crippen LogP contribution is 2.10. The number of aliphatic carboxylic acids is 1. The molecule has 0 saturated carbocycles. The summed E-state index contributed by atoms with van der Waals surface area (Å²) in [5, 5.41) is 11.1. The molecule has 0 saturated heterocycles. The van der Waals surface area contributed by atoms with Gasteiger partial charge in [0.25, 0.3) is 0 Å². The minimum Gasteiger partial charge on any atom is -0.480 e. The number of carboxylic acid groups (broad SMARTS) is 1. The molecule has 2 N–H and O–H groups in total. The summed E-state index contributed by atoms with van der Waals surface area (Å²) in [6.07, 6.45) is 0.783. The molecule has 0 aliphatic rings. The van der Waals surface area contributed by atoms with Gasteiger partial charge in [-0.2, -0.15) is 0 Å². The van der Waals surface area contributed by atoms with Crippen LogP contribution < -0.4 is 5.32 Å². The van der Waals surface area contributed by atoms with Crippen molar-refractivity contribution in [3.63, 3.8) is 0 Å². The van der Waals surface area contributed by atoms with Gasteiger partial charge in [-0.15, -0.1) is 0 Å². The van der Waals surface area contributed by atoms with Crippen molar-refractivity contribution in [1.82, 2.24) is 5.32 Å². The van der Waals surface area contributed by atoms with Gasteiger partial charge in [-0.05, 0) is 12.1 Å². The first-order chi connectivity index (χ1) is 8.42. The molecule has 6 nitrogen and oxygen atoms in total. The third-order valence-corrected chi connectivity index (χ3v) is 3.31. The molecule has 0 spiro atoms. The average molecular weight is 269 g/mol. The van der Waals surface area contributed by atoms with E-state index in [1.54, 1.807) is 18.2 Å². The van der Waals surface area contributed by atoms with E-state index in [4.69, 9.17) is 5.11 Å². The zero-order valence-corrected chi connectivity index (χ0v) is 10.1. The lowest BCUT2D eigenvalue weighted by Crippen LogP contribution is -2.27. The van der Waals surface area contributed by atoms with Crippen molar-refractivity contribution in [1.29, 1.82) is 0 Å². The Bertz CT molecular complexity index is 562. The Hall–Kier alpha value is -2.15. The summed E-state index contributed by atoms with van der Waals surface area (Å²) in [5.74, 6) is -1.99. The third kappa shape index (κ3) is 4.38. The maximum atomic E-state index is 11.7. The number of hydrogen-bond acceptors (Lipinski definition) is 4. The van der Waals surface area contributed by atoms with Crippen LogP contribution in [0.25, 0.3) is 0 Å². The number of sulfone groups is 1. The number of carbonyl (C=O) groups excluding carboxylic acids is 1. The standard InChI is InChI=1S/C11H11NO5S/c13-10(12-8-11(14)15)6-7-18(16,17)9-4-2-1-3-5-9/h1-7H,8H2,(H,12,13)(H,14,15)/b7-6+. The van der Waals surface area contributed by atoms with Gasteiger partial charge in [-0.25, -0.2) is 8.42 Å². The number of carbonyl (C=O) groups is 2. The zero-order valence-electron chi connectivity index (χ0n) is 9.24. The average Bonchev–Trinajstić information content (AvgIpc) is 2.35. The van der Waals surface area contributed by atoms with Crippen LogP contribution in [0.4, 0.5) is 0 Å². The van der Waals surface area contributed by atoms with Gasteiger partial charge in [0.05, 0.1) is 4.90 Å². The van der Waals surface area contributed by atoms with Gasteiger partial charge in [0.1, 0.15) is 6.54 Å². The third-order valence-electron chi connectivity index (χ3n) is 1.88. The molecule has 1 amide bonds. The van der Waals surface area contributed by atoms with Crippen molar-refractivity contribution in [2.45, 2.75) is 4.90 Å². The highest BCUT2D eigenvalue weighted by Gasteiger charge is 2.10. The van der Waals surface area contributed by atoms with Crippen LogP contribution in [0.5, 0.6) is 0 Å². The summed E-state index contributed by atoms with van der Waals surface area (Å²) < 4.78 is 23.4. The molecule has 7 heteroatoms. The fourth-order valence-electron chi connectivity index (χ4n) is 1.06. The highest BCUT2D eigenvalue weighted by molar-refractivity contribution is 7.94. The van der Waals surface area contributed by atoms with Crippen molar-refractivity contribution in [2.24, 2.45) is 0 Å². The normalized spacial score (nSPS) is 11.3. The number of carboxylic acids is 1. The molecule has 0 aliphatic carbocycles. The van der Waals surface area contributed by atoms with Crippen LogP contribution >= 0.6 is 0 Å². The number of benzene rings is 1. The van der Waals surface area contributed by atoms with E-state index in [1.165, 1.54) is 12.1 Å². The van der Waals surface area contributed by atoms with Crippen molar-refractivity contribution >= 4 is 21.7 Å². The monoisotopic (exact) mass is 269 g/mol. The second-order valence-electron chi connectivity index (χ2n) is 3.27. The number of hydrogen-bond donors (Lipinski definition) is 2. The van der Waals surface area contributed by atoms with E-state index in [0.717, 1.165) is 11.5 Å². The van der Waals surface area contributed by atoms with E-state index in [-0.39, 0.29) is 4.90 Å². The number of nitrogens with one attached hydrogen (secondary N) is 1. The van der Waals surface area contributed by atoms with E-state index in [2.05, 4.69) is 0 Å². The maximum absolute atomic E-state index is 11.7. The predicted octanol–water partition coefficient (Wildman–Crippen LogP) is 0.175. The molecule has 0 atom stereocenters. The first kappa shape index (κ1) is 13.9. The van der Waals surface area contributed by atoms with Crippen molar-refractivity contribution in [2.75, 3.05) is 6.54 Å². The van der Waals surface area contributed by atoms with Crippen LogP contribution in [-0.4, -0.2) is 31.9 Å². The van der Waals surface area contributed by atoms with Gasteiger partial charge in [-0.3, -0.25) is 9.59 Å². The molecule has 0 aromatic heterocycles. The van der Waals surface area contributed by atoms with Crippen molar-refractivity contribution < 1.29 is 23.1 Å². The van der Waals surface area contributed by atoms with Gasteiger partial charge in [-0.1, -0.05) is 18.2 Å². The van der Waals surface area contributed by atoms with E-state index >= 15 is 0 Å². The van der Waals surface area contributed by atoms with Crippen LogP contribution in [0.3, 0.4) is 0 Å². The molecular weight excluding hydrogens is 258 g/mol. The number of rotatable bonds is 5. The van der Waals surface area contributed by atoms with Crippen LogP contribution in [0.15, 0.2) is 46.7 Å². The van der Waals surface area contributed by atoms with Crippen LogP contribution in [0.1, 0.15) is 0 Å². The molecule has 0 aliphatic heterocycles. The molecule has 0 unspecified atom stereocenters. The summed E-state index contributed by atoms with van der Waals surface area (Å²) in [6, 6.07) is 7.59. The molecule has 1 aromatic rings. The Morgan fingerprint density at radius 2 is 1.83 bits per heavy atom. The van der Waals surface area contributed by atoms with Gasteiger partial charge in [0.2, 0.25) is 5.91 Å².